The van der Waals surface area contributed by atoms with Crippen molar-refractivity contribution in [3.05, 3.63) is 24.0 Å². The van der Waals surface area contributed by atoms with Gasteiger partial charge in [0, 0.05) is 45.5 Å². The Balaban J connectivity index is 1.90. The first-order chi connectivity index (χ1) is 8.70. The molecule has 1 saturated heterocycles. The van der Waals surface area contributed by atoms with Gasteiger partial charge in [-0.15, -0.1) is 0 Å². The number of halogens is 1. The van der Waals surface area contributed by atoms with E-state index in [1.54, 1.807) is 13.2 Å². The van der Waals surface area contributed by atoms with E-state index in [4.69, 9.17) is 10.5 Å². The van der Waals surface area contributed by atoms with Gasteiger partial charge in [0.2, 0.25) is 0 Å². The summed E-state index contributed by atoms with van der Waals surface area (Å²) in [6.45, 7) is 5.50. The third kappa shape index (κ3) is 3.11. The number of hydrogen-bond donors (Lipinski definition) is 1. The third-order valence-corrected chi connectivity index (χ3v) is 3.33. The van der Waals surface area contributed by atoms with E-state index < -0.39 is 0 Å². The highest BCUT2D eigenvalue weighted by atomic mass is 19.1. The Hall–Kier alpha value is -1.33. The molecular formula is C13H20FN3O. The molecule has 18 heavy (non-hydrogen) atoms. The predicted octanol–water partition coefficient (Wildman–Crippen LogP) is 1.18. The Kier molecular flexibility index (Phi) is 4.38. The van der Waals surface area contributed by atoms with Gasteiger partial charge in [0.15, 0.2) is 0 Å². The molecular weight excluding hydrogens is 233 g/mol. The number of benzene rings is 1. The molecule has 2 rings (SSSR count). The van der Waals surface area contributed by atoms with Crippen molar-refractivity contribution in [2.75, 3.05) is 57.1 Å². The Bertz CT molecular complexity index is 392. The Morgan fingerprint density at radius 2 is 2.00 bits per heavy atom. The van der Waals surface area contributed by atoms with Gasteiger partial charge >= 0.3 is 0 Å². The smallest absolute Gasteiger partial charge is 0.148 e. The van der Waals surface area contributed by atoms with Gasteiger partial charge in [-0.3, -0.25) is 4.90 Å². The lowest BCUT2D eigenvalue weighted by Gasteiger charge is -2.36. The molecule has 0 aromatic heterocycles. The van der Waals surface area contributed by atoms with E-state index in [1.807, 2.05) is 6.07 Å². The summed E-state index contributed by atoms with van der Waals surface area (Å²) in [5, 5.41) is 0. The zero-order chi connectivity index (χ0) is 13.0. The summed E-state index contributed by atoms with van der Waals surface area (Å²) in [6.07, 6.45) is 0. The zero-order valence-corrected chi connectivity index (χ0v) is 10.7. The maximum atomic E-state index is 13.4. The van der Waals surface area contributed by atoms with Crippen molar-refractivity contribution in [2.45, 2.75) is 0 Å². The molecule has 1 aromatic carbocycles. The zero-order valence-electron chi connectivity index (χ0n) is 10.7. The SMILES string of the molecule is COCCN1CCN(c2ccc(N)c(F)c2)CC1. The minimum atomic E-state index is -0.339. The number of hydrogen-bond acceptors (Lipinski definition) is 4. The molecule has 0 unspecified atom stereocenters. The van der Waals surface area contributed by atoms with Crippen molar-refractivity contribution in [3.63, 3.8) is 0 Å². The quantitative estimate of drug-likeness (QED) is 0.818. The number of anilines is 2. The van der Waals surface area contributed by atoms with Crippen molar-refractivity contribution in [2.24, 2.45) is 0 Å². The van der Waals surface area contributed by atoms with Crippen LogP contribution in [0.2, 0.25) is 0 Å². The largest absolute Gasteiger partial charge is 0.396 e. The fourth-order valence-corrected chi connectivity index (χ4v) is 2.16. The molecule has 1 aromatic rings. The van der Waals surface area contributed by atoms with Crippen LogP contribution in [0.25, 0.3) is 0 Å². The monoisotopic (exact) mass is 253 g/mol. The van der Waals surface area contributed by atoms with Crippen molar-refractivity contribution in [3.8, 4) is 0 Å². The number of nitrogens with two attached hydrogens (primary N) is 1. The molecule has 2 N–H and O–H groups in total. The first-order valence-corrected chi connectivity index (χ1v) is 6.22. The molecule has 0 spiro atoms. The molecule has 0 bridgehead atoms. The number of nitrogen functional groups attached to an aromatic ring is 1. The van der Waals surface area contributed by atoms with Crippen LogP contribution in [0.1, 0.15) is 0 Å². The van der Waals surface area contributed by atoms with Crippen LogP contribution >= 0.6 is 0 Å². The van der Waals surface area contributed by atoms with Crippen LogP contribution in [-0.2, 0) is 4.74 Å². The highest BCUT2D eigenvalue weighted by Crippen LogP contribution is 2.21. The number of ether oxygens (including phenoxy) is 1. The van der Waals surface area contributed by atoms with Gasteiger partial charge < -0.3 is 15.4 Å². The lowest BCUT2D eigenvalue weighted by Crippen LogP contribution is -2.47. The van der Waals surface area contributed by atoms with Crippen molar-refractivity contribution in [1.29, 1.82) is 0 Å². The van der Waals surface area contributed by atoms with E-state index in [1.165, 1.54) is 6.07 Å². The molecule has 0 radical (unpaired) electrons. The molecule has 1 aliphatic heterocycles. The summed E-state index contributed by atoms with van der Waals surface area (Å²) < 4.78 is 18.5. The van der Waals surface area contributed by atoms with Crippen LogP contribution in [0.3, 0.4) is 0 Å². The van der Waals surface area contributed by atoms with Crippen molar-refractivity contribution < 1.29 is 9.13 Å². The van der Waals surface area contributed by atoms with Crippen molar-refractivity contribution in [1.82, 2.24) is 4.90 Å². The van der Waals surface area contributed by atoms with E-state index in [9.17, 15) is 4.39 Å². The van der Waals surface area contributed by atoms with E-state index in [0.717, 1.165) is 45.0 Å². The Labute approximate surface area is 107 Å². The van der Waals surface area contributed by atoms with Gasteiger partial charge in [-0.2, -0.15) is 0 Å². The van der Waals surface area contributed by atoms with E-state index in [0.29, 0.717) is 0 Å². The summed E-state index contributed by atoms with van der Waals surface area (Å²) >= 11 is 0. The van der Waals surface area contributed by atoms with Crippen molar-refractivity contribution >= 4 is 11.4 Å². The van der Waals surface area contributed by atoms with Gasteiger partial charge in [0.25, 0.3) is 0 Å². The van der Waals surface area contributed by atoms with Gasteiger partial charge in [0.05, 0.1) is 12.3 Å². The minimum Gasteiger partial charge on any atom is -0.396 e. The molecule has 1 fully saturated rings. The number of rotatable bonds is 4. The molecule has 0 saturated carbocycles. The van der Waals surface area contributed by atoms with Crippen LogP contribution in [0.5, 0.6) is 0 Å². The molecule has 4 nitrogen and oxygen atoms in total. The van der Waals surface area contributed by atoms with Gasteiger partial charge in [-0.25, -0.2) is 4.39 Å². The highest BCUT2D eigenvalue weighted by Gasteiger charge is 2.17. The number of nitrogens with zero attached hydrogens (tertiary/aromatic N) is 2. The average molecular weight is 253 g/mol. The lowest BCUT2D eigenvalue weighted by atomic mass is 10.2. The van der Waals surface area contributed by atoms with Crippen LogP contribution in [0, 0.1) is 5.82 Å². The van der Waals surface area contributed by atoms with E-state index >= 15 is 0 Å². The second kappa shape index (κ2) is 6.02. The molecule has 1 heterocycles. The second-order valence-electron chi connectivity index (χ2n) is 4.53. The maximum Gasteiger partial charge on any atom is 0.148 e. The van der Waals surface area contributed by atoms with Crippen LogP contribution in [0.4, 0.5) is 15.8 Å². The van der Waals surface area contributed by atoms with E-state index in [2.05, 4.69) is 9.80 Å². The first kappa shape index (κ1) is 13.1. The summed E-state index contributed by atoms with van der Waals surface area (Å²) in [6, 6.07) is 5.02. The summed E-state index contributed by atoms with van der Waals surface area (Å²) in [7, 11) is 1.72. The highest BCUT2D eigenvalue weighted by molar-refractivity contribution is 5.54. The summed E-state index contributed by atoms with van der Waals surface area (Å²) in [5.41, 5.74) is 6.60. The van der Waals surface area contributed by atoms with Gasteiger partial charge in [0.1, 0.15) is 5.82 Å². The molecule has 100 valence electrons. The van der Waals surface area contributed by atoms with Crippen LogP contribution in [0.15, 0.2) is 18.2 Å². The minimum absolute atomic E-state index is 0.206. The van der Waals surface area contributed by atoms with Crippen LogP contribution < -0.4 is 10.6 Å². The predicted molar refractivity (Wildman–Crippen MR) is 71.3 cm³/mol. The molecule has 5 heteroatoms. The molecule has 1 aliphatic rings. The second-order valence-corrected chi connectivity index (χ2v) is 4.53. The van der Waals surface area contributed by atoms with Gasteiger partial charge in [-0.05, 0) is 18.2 Å². The Morgan fingerprint density at radius 3 is 2.61 bits per heavy atom. The topological polar surface area (TPSA) is 41.7 Å². The fourth-order valence-electron chi connectivity index (χ4n) is 2.16. The maximum absolute atomic E-state index is 13.4. The lowest BCUT2D eigenvalue weighted by molar-refractivity contribution is 0.144. The number of methoxy groups -OCH3 is 1. The number of piperazine rings is 1. The summed E-state index contributed by atoms with van der Waals surface area (Å²) in [5.74, 6) is -0.339. The normalized spacial score (nSPS) is 17.1. The first-order valence-electron chi connectivity index (χ1n) is 6.22. The average Bonchev–Trinajstić information content (AvgIpc) is 2.40. The molecule has 0 aliphatic carbocycles. The van der Waals surface area contributed by atoms with Crippen LogP contribution in [-0.4, -0.2) is 51.3 Å². The third-order valence-electron chi connectivity index (χ3n) is 3.33. The van der Waals surface area contributed by atoms with E-state index in [-0.39, 0.29) is 11.5 Å². The van der Waals surface area contributed by atoms with Gasteiger partial charge in [-0.1, -0.05) is 0 Å². The fraction of sp³-hybridized carbons (Fsp3) is 0.538. The summed E-state index contributed by atoms with van der Waals surface area (Å²) in [4.78, 5) is 4.54. The standard InChI is InChI=1S/C13H20FN3O/c1-18-9-8-16-4-6-17(7-5-16)11-2-3-13(15)12(14)10-11/h2-3,10H,4-9,15H2,1H3. The molecule has 0 atom stereocenters. The Morgan fingerprint density at radius 1 is 1.28 bits per heavy atom. The molecule has 0 amide bonds.